The van der Waals surface area contributed by atoms with E-state index >= 15 is 0 Å². The molecule has 0 saturated heterocycles. The fourth-order valence-corrected chi connectivity index (χ4v) is 4.01. The maximum absolute atomic E-state index is 6.07. The average Bonchev–Trinajstić information content (AvgIpc) is 3.36. The number of aromatic nitrogens is 2. The van der Waals surface area contributed by atoms with E-state index in [9.17, 15) is 0 Å². The van der Waals surface area contributed by atoms with E-state index < -0.39 is 0 Å². The first-order valence-corrected chi connectivity index (χ1v) is 11.4. The summed E-state index contributed by atoms with van der Waals surface area (Å²) in [6, 6.07) is 4.41. The number of rotatable bonds is 9. The van der Waals surface area contributed by atoms with Gasteiger partial charge < -0.3 is 25.1 Å². The molecule has 31 heavy (non-hydrogen) atoms. The lowest BCUT2D eigenvalue weighted by Gasteiger charge is -2.12. The molecule has 0 bridgehead atoms. The van der Waals surface area contributed by atoms with Crippen molar-refractivity contribution >= 4 is 30.1 Å². The summed E-state index contributed by atoms with van der Waals surface area (Å²) in [5, 5.41) is 4.23. The number of nitrogens with zero attached hydrogens (tertiary/aromatic N) is 4. The molecule has 1 aliphatic heterocycles. The van der Waals surface area contributed by atoms with E-state index in [2.05, 4.69) is 40.4 Å². The Balaban J connectivity index is 0.00000166. The van der Waals surface area contributed by atoms with Gasteiger partial charge in [0.25, 0.3) is 0 Å². The Hall–Kier alpha value is -2.52. The van der Waals surface area contributed by atoms with Crippen LogP contribution in [0.15, 0.2) is 32.2 Å². The van der Waals surface area contributed by atoms with Gasteiger partial charge in [0.1, 0.15) is 5.84 Å². The molecule has 0 atom stereocenters. The Morgan fingerprint density at radius 2 is 2.00 bits per heavy atom. The molecule has 1 aromatic carbocycles. The van der Waals surface area contributed by atoms with Crippen molar-refractivity contribution in [3.05, 3.63) is 23.4 Å². The third-order valence-corrected chi connectivity index (χ3v) is 5.68. The number of hydrogen-bond donors (Lipinski definition) is 2. The third-order valence-electron chi connectivity index (χ3n) is 4.52. The zero-order valence-electron chi connectivity index (χ0n) is 19.4. The molecule has 2 aromatic rings. The van der Waals surface area contributed by atoms with Crippen molar-refractivity contribution in [2.45, 2.75) is 63.7 Å². The number of hydrogen-bond acceptors (Lipinski definition) is 7. The second-order valence-electron chi connectivity index (χ2n) is 7.02. The van der Waals surface area contributed by atoms with Crippen molar-refractivity contribution < 1.29 is 9.47 Å². The number of nitrogens with two attached hydrogens (primary N) is 1. The lowest BCUT2D eigenvalue weighted by molar-refractivity contribution is 0.174. The van der Waals surface area contributed by atoms with E-state index in [-0.39, 0.29) is 6.79 Å². The number of aryl methyl sites for hydroxylation is 1. The van der Waals surface area contributed by atoms with Crippen LogP contribution in [-0.4, -0.2) is 48.5 Å². The minimum absolute atomic E-state index is 0.249. The highest BCUT2D eigenvalue weighted by Crippen LogP contribution is 2.41. The minimum atomic E-state index is 0.249. The van der Waals surface area contributed by atoms with Gasteiger partial charge >= 0.3 is 0 Å². The van der Waals surface area contributed by atoms with E-state index in [1.807, 2.05) is 32.9 Å². The molecule has 0 unspecified atom stereocenters. The first-order valence-electron chi connectivity index (χ1n) is 10.6. The third kappa shape index (κ3) is 6.01. The van der Waals surface area contributed by atoms with E-state index in [0.717, 1.165) is 46.6 Å². The Kier molecular flexibility index (Phi) is 9.39. The summed E-state index contributed by atoms with van der Waals surface area (Å²) in [6.45, 7) is 15.9. The molecule has 0 saturated carbocycles. The van der Waals surface area contributed by atoms with Crippen LogP contribution in [0.25, 0.3) is 0 Å². The average molecular weight is 447 g/mol. The van der Waals surface area contributed by atoms with E-state index in [1.54, 1.807) is 18.8 Å². The first-order chi connectivity index (χ1) is 14.9. The van der Waals surface area contributed by atoms with Crippen LogP contribution >= 0.6 is 11.8 Å². The van der Waals surface area contributed by atoms with E-state index in [0.29, 0.717) is 23.4 Å². The summed E-state index contributed by atoms with van der Waals surface area (Å²) in [5.74, 6) is 2.50. The van der Waals surface area contributed by atoms with Gasteiger partial charge in [0.15, 0.2) is 28.2 Å². The van der Waals surface area contributed by atoms with Gasteiger partial charge in [0.2, 0.25) is 6.79 Å². The number of benzene rings is 1. The maximum atomic E-state index is 6.07. The largest absolute Gasteiger partial charge is 0.454 e. The predicted molar refractivity (Wildman–Crippen MR) is 129 cm³/mol. The molecule has 3 N–H and O–H groups in total. The Labute approximate surface area is 189 Å². The van der Waals surface area contributed by atoms with Gasteiger partial charge in [0, 0.05) is 24.5 Å². The molecule has 170 valence electrons. The van der Waals surface area contributed by atoms with Gasteiger partial charge in [-0.2, -0.15) is 0 Å². The molecule has 0 aliphatic carbocycles. The van der Waals surface area contributed by atoms with Crippen LogP contribution in [0.4, 0.5) is 5.82 Å². The van der Waals surface area contributed by atoms with Gasteiger partial charge in [-0.1, -0.05) is 39.5 Å². The number of nitrogens with one attached hydrogen (secondary N) is 1. The van der Waals surface area contributed by atoms with Crippen molar-refractivity contribution in [2.24, 2.45) is 15.7 Å². The van der Waals surface area contributed by atoms with Crippen molar-refractivity contribution in [3.63, 3.8) is 0 Å². The standard InChI is InChI=1S/C20H28N6O2S.C2H6/c1-12(2)24-7-6-8-26-19(23-5)17(18(21)22-4)25-20(26)29-16-10-15-14(9-13(16)3)27-11-28-15;1-2/h9-10,12,24H,5-8,11H2,1-4H3,(H2,21,22);1-2H3. The molecule has 1 aromatic heterocycles. The Morgan fingerprint density at radius 3 is 2.61 bits per heavy atom. The predicted octanol–water partition coefficient (Wildman–Crippen LogP) is 4.15. The highest BCUT2D eigenvalue weighted by atomic mass is 32.2. The second kappa shape index (κ2) is 11.8. The van der Waals surface area contributed by atoms with Gasteiger partial charge in [-0.05, 0) is 44.3 Å². The Bertz CT molecular complexity index is 923. The Morgan fingerprint density at radius 1 is 1.32 bits per heavy atom. The van der Waals surface area contributed by atoms with Crippen molar-refractivity contribution in [1.82, 2.24) is 14.9 Å². The summed E-state index contributed by atoms with van der Waals surface area (Å²) in [6.07, 6.45) is 0.924. The first kappa shape index (κ1) is 24.7. The van der Waals surface area contributed by atoms with Crippen LogP contribution in [0.5, 0.6) is 11.5 Å². The maximum Gasteiger partial charge on any atom is 0.231 e. The van der Waals surface area contributed by atoms with Gasteiger partial charge in [-0.3, -0.25) is 4.99 Å². The van der Waals surface area contributed by atoms with Crippen LogP contribution < -0.4 is 20.5 Å². The molecule has 0 radical (unpaired) electrons. The molecule has 1 aliphatic rings. The lowest BCUT2D eigenvalue weighted by atomic mass is 10.2. The van der Waals surface area contributed by atoms with Crippen LogP contribution in [0.3, 0.4) is 0 Å². The van der Waals surface area contributed by atoms with Crippen molar-refractivity contribution in [3.8, 4) is 11.5 Å². The molecule has 0 spiro atoms. The fourth-order valence-electron chi connectivity index (χ4n) is 3.00. The fraction of sp³-hybridized carbons (Fsp3) is 0.500. The molecule has 2 heterocycles. The number of fused-ring (bicyclic) bond motifs is 1. The summed E-state index contributed by atoms with van der Waals surface area (Å²) >= 11 is 1.55. The summed E-state index contributed by atoms with van der Waals surface area (Å²) < 4.78 is 13.0. The minimum Gasteiger partial charge on any atom is -0.454 e. The molecule has 0 amide bonds. The van der Waals surface area contributed by atoms with E-state index in [4.69, 9.17) is 20.2 Å². The second-order valence-corrected chi connectivity index (χ2v) is 8.03. The molecular formula is C22H34N6O2S. The van der Waals surface area contributed by atoms with E-state index in [1.165, 1.54) is 0 Å². The molecule has 9 heteroatoms. The topological polar surface area (TPSA) is 99.1 Å². The summed E-state index contributed by atoms with van der Waals surface area (Å²) in [4.78, 5) is 14.1. The highest BCUT2D eigenvalue weighted by Gasteiger charge is 2.22. The van der Waals surface area contributed by atoms with Crippen molar-refractivity contribution in [1.29, 1.82) is 0 Å². The van der Waals surface area contributed by atoms with Gasteiger partial charge in [0.05, 0.1) is 0 Å². The molecular weight excluding hydrogens is 412 g/mol. The van der Waals surface area contributed by atoms with Crippen LogP contribution in [0.2, 0.25) is 0 Å². The quantitative estimate of drug-likeness (QED) is 0.341. The zero-order chi connectivity index (χ0) is 23.0. The highest BCUT2D eigenvalue weighted by molar-refractivity contribution is 7.99. The van der Waals surface area contributed by atoms with Crippen molar-refractivity contribution in [2.75, 3.05) is 20.4 Å². The smallest absolute Gasteiger partial charge is 0.231 e. The van der Waals surface area contributed by atoms with Crippen LogP contribution in [0, 0.1) is 6.92 Å². The number of aliphatic imine (C=N–C) groups is 2. The lowest BCUT2D eigenvalue weighted by Crippen LogP contribution is -2.24. The van der Waals surface area contributed by atoms with Crippen LogP contribution in [0.1, 0.15) is 45.4 Å². The summed E-state index contributed by atoms with van der Waals surface area (Å²) in [5.41, 5.74) is 7.71. The molecule has 3 rings (SSSR count). The summed E-state index contributed by atoms with van der Waals surface area (Å²) in [7, 11) is 1.64. The monoisotopic (exact) mass is 446 g/mol. The van der Waals surface area contributed by atoms with Gasteiger partial charge in [-0.25, -0.2) is 9.98 Å². The van der Waals surface area contributed by atoms with Gasteiger partial charge in [-0.15, -0.1) is 0 Å². The van der Waals surface area contributed by atoms with Crippen LogP contribution in [-0.2, 0) is 6.54 Å². The molecule has 0 fully saturated rings. The normalized spacial score (nSPS) is 12.7. The number of amidine groups is 1. The number of imidazole rings is 1. The zero-order valence-corrected chi connectivity index (χ0v) is 20.2. The SMILES string of the molecule is C=Nc1c(C(N)=NC)nc(Sc2cc3c(cc2C)OCO3)n1CCCNC(C)C.CC. The number of ether oxygens (including phenoxy) is 2. The molecule has 8 nitrogen and oxygen atoms in total.